The van der Waals surface area contributed by atoms with E-state index in [1.807, 2.05) is 30.3 Å². The van der Waals surface area contributed by atoms with Crippen molar-refractivity contribution in [2.24, 2.45) is 0 Å². The number of aliphatic hydroxyl groups excluding tert-OH is 1. The minimum atomic E-state index is -0.600. The number of benzene rings is 2. The van der Waals surface area contributed by atoms with Crippen LogP contribution in [0.3, 0.4) is 0 Å². The second kappa shape index (κ2) is 5.81. The van der Waals surface area contributed by atoms with Gasteiger partial charge >= 0.3 is 0 Å². The predicted molar refractivity (Wildman–Crippen MR) is 74.0 cm³/mol. The van der Waals surface area contributed by atoms with Crippen molar-refractivity contribution >= 4 is 15.9 Å². The lowest BCUT2D eigenvalue weighted by Crippen LogP contribution is -2.02. The van der Waals surface area contributed by atoms with E-state index in [2.05, 4.69) is 22.0 Å². The van der Waals surface area contributed by atoms with E-state index in [-0.39, 0.29) is 0 Å². The van der Waals surface area contributed by atoms with Gasteiger partial charge in [-0.1, -0.05) is 46.3 Å². The SMILES string of the molecule is N#Cc1cccc(C(O)Cc2ccccc2Br)c1. The highest BCUT2D eigenvalue weighted by Gasteiger charge is 2.10. The van der Waals surface area contributed by atoms with Gasteiger partial charge in [0.25, 0.3) is 0 Å². The first-order chi connectivity index (χ1) is 8.70. The molecule has 0 saturated carbocycles. The standard InChI is InChI=1S/C15H12BrNO/c16-14-7-2-1-5-12(14)9-15(18)13-6-3-4-11(8-13)10-17/h1-8,15,18H,9H2. The number of hydrogen-bond donors (Lipinski definition) is 1. The highest BCUT2D eigenvalue weighted by Crippen LogP contribution is 2.24. The third-order valence-corrected chi connectivity index (χ3v) is 3.55. The summed E-state index contributed by atoms with van der Waals surface area (Å²) in [5.74, 6) is 0. The van der Waals surface area contributed by atoms with Crippen LogP contribution in [0.2, 0.25) is 0 Å². The summed E-state index contributed by atoms with van der Waals surface area (Å²) < 4.78 is 0.987. The highest BCUT2D eigenvalue weighted by atomic mass is 79.9. The fourth-order valence-corrected chi connectivity index (χ4v) is 2.25. The van der Waals surface area contributed by atoms with E-state index in [9.17, 15) is 5.11 Å². The number of aliphatic hydroxyl groups is 1. The van der Waals surface area contributed by atoms with Crippen molar-refractivity contribution < 1.29 is 5.11 Å². The van der Waals surface area contributed by atoms with Crippen LogP contribution in [0.25, 0.3) is 0 Å². The molecule has 0 heterocycles. The van der Waals surface area contributed by atoms with E-state index in [1.165, 1.54) is 0 Å². The van der Waals surface area contributed by atoms with Gasteiger partial charge < -0.3 is 5.11 Å². The van der Waals surface area contributed by atoms with Crippen LogP contribution in [-0.2, 0) is 6.42 Å². The average Bonchev–Trinajstić information content (AvgIpc) is 2.41. The van der Waals surface area contributed by atoms with Gasteiger partial charge in [-0.15, -0.1) is 0 Å². The third kappa shape index (κ3) is 2.98. The Morgan fingerprint density at radius 2 is 1.94 bits per heavy atom. The van der Waals surface area contributed by atoms with Crippen molar-refractivity contribution in [3.63, 3.8) is 0 Å². The summed E-state index contributed by atoms with van der Waals surface area (Å²) >= 11 is 3.46. The highest BCUT2D eigenvalue weighted by molar-refractivity contribution is 9.10. The maximum Gasteiger partial charge on any atom is 0.0991 e. The Kier molecular flexibility index (Phi) is 4.14. The minimum Gasteiger partial charge on any atom is -0.388 e. The molecular formula is C15H12BrNO. The molecule has 0 aromatic heterocycles. The van der Waals surface area contributed by atoms with E-state index >= 15 is 0 Å². The van der Waals surface area contributed by atoms with Gasteiger partial charge in [0.2, 0.25) is 0 Å². The Morgan fingerprint density at radius 1 is 1.17 bits per heavy atom. The number of nitriles is 1. The van der Waals surface area contributed by atoms with Crippen molar-refractivity contribution in [2.45, 2.75) is 12.5 Å². The van der Waals surface area contributed by atoms with Gasteiger partial charge in [0.1, 0.15) is 0 Å². The van der Waals surface area contributed by atoms with Crippen molar-refractivity contribution in [1.82, 2.24) is 0 Å². The second-order valence-corrected chi connectivity index (χ2v) is 4.90. The van der Waals surface area contributed by atoms with Crippen molar-refractivity contribution in [1.29, 1.82) is 5.26 Å². The molecule has 0 amide bonds. The van der Waals surface area contributed by atoms with Gasteiger partial charge in [-0.05, 0) is 29.3 Å². The van der Waals surface area contributed by atoms with E-state index < -0.39 is 6.10 Å². The Balaban J connectivity index is 2.20. The summed E-state index contributed by atoms with van der Waals surface area (Å²) in [4.78, 5) is 0. The fourth-order valence-electron chi connectivity index (χ4n) is 1.81. The summed E-state index contributed by atoms with van der Waals surface area (Å²) in [5.41, 5.74) is 2.39. The molecule has 1 unspecified atom stereocenters. The molecule has 2 aromatic carbocycles. The molecule has 0 spiro atoms. The fraction of sp³-hybridized carbons (Fsp3) is 0.133. The molecule has 18 heavy (non-hydrogen) atoms. The Morgan fingerprint density at radius 3 is 2.67 bits per heavy atom. The van der Waals surface area contributed by atoms with Crippen LogP contribution >= 0.6 is 15.9 Å². The maximum atomic E-state index is 10.2. The summed E-state index contributed by atoms with van der Waals surface area (Å²) in [6, 6.07) is 17.0. The van der Waals surface area contributed by atoms with Gasteiger partial charge in [-0.3, -0.25) is 0 Å². The molecule has 0 aliphatic rings. The molecule has 0 fully saturated rings. The van der Waals surface area contributed by atoms with Crippen LogP contribution < -0.4 is 0 Å². The van der Waals surface area contributed by atoms with E-state index in [1.54, 1.807) is 18.2 Å². The molecule has 1 N–H and O–H groups in total. The molecule has 0 aliphatic carbocycles. The minimum absolute atomic E-state index is 0.524. The number of nitrogens with zero attached hydrogens (tertiary/aromatic N) is 1. The van der Waals surface area contributed by atoms with E-state index in [0.29, 0.717) is 12.0 Å². The molecule has 2 aromatic rings. The van der Waals surface area contributed by atoms with Crippen molar-refractivity contribution in [3.05, 3.63) is 69.7 Å². The Labute approximate surface area is 115 Å². The van der Waals surface area contributed by atoms with Gasteiger partial charge in [0.15, 0.2) is 0 Å². The first-order valence-electron chi connectivity index (χ1n) is 5.62. The summed E-state index contributed by atoms with van der Waals surface area (Å²) in [7, 11) is 0. The van der Waals surface area contributed by atoms with Crippen LogP contribution in [0, 0.1) is 11.3 Å². The number of halogens is 1. The van der Waals surface area contributed by atoms with Crippen LogP contribution in [0.5, 0.6) is 0 Å². The van der Waals surface area contributed by atoms with Crippen LogP contribution in [0.1, 0.15) is 22.8 Å². The average molecular weight is 302 g/mol. The van der Waals surface area contributed by atoms with Gasteiger partial charge in [-0.2, -0.15) is 5.26 Å². The van der Waals surface area contributed by atoms with Gasteiger partial charge in [0, 0.05) is 10.9 Å². The van der Waals surface area contributed by atoms with E-state index in [4.69, 9.17) is 5.26 Å². The molecule has 0 radical (unpaired) electrons. The zero-order valence-corrected chi connectivity index (χ0v) is 11.3. The zero-order chi connectivity index (χ0) is 13.0. The van der Waals surface area contributed by atoms with Crippen LogP contribution in [-0.4, -0.2) is 5.11 Å². The predicted octanol–water partition coefficient (Wildman–Crippen LogP) is 3.60. The van der Waals surface area contributed by atoms with Crippen LogP contribution in [0.4, 0.5) is 0 Å². The molecule has 0 bridgehead atoms. The molecular weight excluding hydrogens is 290 g/mol. The molecule has 3 heteroatoms. The number of hydrogen-bond acceptors (Lipinski definition) is 2. The smallest absolute Gasteiger partial charge is 0.0991 e. The third-order valence-electron chi connectivity index (χ3n) is 2.77. The topological polar surface area (TPSA) is 44.0 Å². The monoisotopic (exact) mass is 301 g/mol. The lowest BCUT2D eigenvalue weighted by molar-refractivity contribution is 0.178. The second-order valence-electron chi connectivity index (χ2n) is 4.05. The van der Waals surface area contributed by atoms with Crippen molar-refractivity contribution in [3.8, 4) is 6.07 Å². The van der Waals surface area contributed by atoms with Gasteiger partial charge in [-0.25, -0.2) is 0 Å². The summed E-state index contributed by atoms with van der Waals surface area (Å²) in [6.45, 7) is 0. The van der Waals surface area contributed by atoms with Crippen LogP contribution in [0.15, 0.2) is 53.0 Å². The Hall–Kier alpha value is -1.63. The summed E-state index contributed by atoms with van der Waals surface area (Å²) in [6.07, 6.45) is -0.0759. The van der Waals surface area contributed by atoms with Crippen molar-refractivity contribution in [2.75, 3.05) is 0 Å². The molecule has 90 valence electrons. The first kappa shape index (κ1) is 12.8. The lowest BCUT2D eigenvalue weighted by Gasteiger charge is -2.12. The largest absolute Gasteiger partial charge is 0.388 e. The molecule has 2 nitrogen and oxygen atoms in total. The molecule has 2 rings (SSSR count). The summed E-state index contributed by atoms with van der Waals surface area (Å²) in [5, 5.41) is 19.0. The van der Waals surface area contributed by atoms with E-state index in [0.717, 1.165) is 15.6 Å². The Bertz CT molecular complexity index is 589. The zero-order valence-electron chi connectivity index (χ0n) is 9.68. The molecule has 1 atom stereocenters. The quantitative estimate of drug-likeness (QED) is 0.941. The molecule has 0 aliphatic heterocycles. The lowest BCUT2D eigenvalue weighted by atomic mass is 10.00. The molecule has 0 saturated heterocycles. The maximum absolute atomic E-state index is 10.2. The first-order valence-corrected chi connectivity index (χ1v) is 6.41. The number of rotatable bonds is 3. The van der Waals surface area contributed by atoms with Gasteiger partial charge in [0.05, 0.1) is 17.7 Å². The normalized spacial score (nSPS) is 11.8.